The van der Waals surface area contributed by atoms with Gasteiger partial charge in [0.15, 0.2) is 0 Å². The van der Waals surface area contributed by atoms with Gasteiger partial charge in [-0.2, -0.15) is 0 Å². The lowest BCUT2D eigenvalue weighted by molar-refractivity contribution is -0.118. The van der Waals surface area contributed by atoms with Gasteiger partial charge in [-0.3, -0.25) is 10.1 Å². The van der Waals surface area contributed by atoms with Crippen LogP contribution in [0.5, 0.6) is 0 Å². The van der Waals surface area contributed by atoms with Gasteiger partial charge in [0, 0.05) is 27.1 Å². The summed E-state index contributed by atoms with van der Waals surface area (Å²) in [6.07, 6.45) is 0. The SMILES string of the molecule is CC(C)C(=O)Nc1nc(-c2ccc(Cl)cc2)cc(-c2ccc(Cl)cc2)n1. The Hall–Kier alpha value is -2.43. The molecule has 2 aromatic carbocycles. The van der Waals surface area contributed by atoms with E-state index in [4.69, 9.17) is 23.2 Å². The van der Waals surface area contributed by atoms with E-state index in [1.807, 2.05) is 44.2 Å². The number of carbonyl (C=O) groups is 1. The molecule has 0 aliphatic carbocycles. The Bertz CT molecular complexity index is 859. The molecule has 3 rings (SSSR count). The Balaban J connectivity index is 2.08. The molecule has 4 nitrogen and oxygen atoms in total. The monoisotopic (exact) mass is 385 g/mol. The highest BCUT2D eigenvalue weighted by atomic mass is 35.5. The van der Waals surface area contributed by atoms with Crippen molar-refractivity contribution in [3.05, 3.63) is 64.6 Å². The second-order valence-electron chi connectivity index (χ2n) is 6.12. The van der Waals surface area contributed by atoms with Crippen LogP contribution in [-0.2, 0) is 4.79 Å². The minimum atomic E-state index is -0.170. The first-order valence-corrected chi connectivity index (χ1v) is 8.90. The first kappa shape index (κ1) is 18.4. The van der Waals surface area contributed by atoms with E-state index in [1.165, 1.54) is 0 Å². The molecule has 0 atom stereocenters. The first-order chi connectivity index (χ1) is 12.4. The summed E-state index contributed by atoms with van der Waals surface area (Å²) >= 11 is 11.9. The summed E-state index contributed by atoms with van der Waals surface area (Å²) in [4.78, 5) is 21.0. The van der Waals surface area contributed by atoms with Gasteiger partial charge in [0.1, 0.15) is 0 Å². The average Bonchev–Trinajstić information content (AvgIpc) is 2.62. The average molecular weight is 386 g/mol. The van der Waals surface area contributed by atoms with Gasteiger partial charge in [-0.1, -0.05) is 61.3 Å². The maximum Gasteiger partial charge on any atom is 0.230 e. The van der Waals surface area contributed by atoms with Crippen molar-refractivity contribution < 1.29 is 4.79 Å². The molecule has 1 N–H and O–H groups in total. The van der Waals surface area contributed by atoms with Gasteiger partial charge < -0.3 is 0 Å². The van der Waals surface area contributed by atoms with Crippen LogP contribution in [-0.4, -0.2) is 15.9 Å². The van der Waals surface area contributed by atoms with E-state index in [0.717, 1.165) is 11.1 Å². The Morgan fingerprint density at radius 2 is 1.27 bits per heavy atom. The van der Waals surface area contributed by atoms with Gasteiger partial charge in [0.2, 0.25) is 11.9 Å². The van der Waals surface area contributed by atoms with Crippen molar-refractivity contribution in [3.63, 3.8) is 0 Å². The fourth-order valence-corrected chi connectivity index (χ4v) is 2.55. The highest BCUT2D eigenvalue weighted by Crippen LogP contribution is 2.27. The molecule has 0 unspecified atom stereocenters. The normalized spacial score (nSPS) is 10.8. The predicted molar refractivity (Wildman–Crippen MR) is 106 cm³/mol. The van der Waals surface area contributed by atoms with Crippen molar-refractivity contribution in [3.8, 4) is 22.5 Å². The fourth-order valence-electron chi connectivity index (χ4n) is 2.29. The van der Waals surface area contributed by atoms with E-state index in [-0.39, 0.29) is 17.8 Å². The number of carbonyl (C=O) groups excluding carboxylic acids is 1. The second kappa shape index (κ2) is 7.85. The van der Waals surface area contributed by atoms with Gasteiger partial charge in [-0.25, -0.2) is 9.97 Å². The summed E-state index contributed by atoms with van der Waals surface area (Å²) in [5.74, 6) is -0.0433. The van der Waals surface area contributed by atoms with Crippen LogP contribution in [0.25, 0.3) is 22.5 Å². The van der Waals surface area contributed by atoms with Crippen molar-refractivity contribution >= 4 is 35.1 Å². The molecule has 0 bridgehead atoms. The predicted octanol–water partition coefficient (Wildman–Crippen LogP) is 5.71. The largest absolute Gasteiger partial charge is 0.294 e. The van der Waals surface area contributed by atoms with E-state index >= 15 is 0 Å². The minimum absolute atomic E-state index is 0.139. The third-order valence-electron chi connectivity index (χ3n) is 3.77. The van der Waals surface area contributed by atoms with E-state index in [1.54, 1.807) is 24.3 Å². The van der Waals surface area contributed by atoms with Crippen LogP contribution in [0.1, 0.15) is 13.8 Å². The number of halogens is 2. The van der Waals surface area contributed by atoms with Gasteiger partial charge >= 0.3 is 0 Å². The van der Waals surface area contributed by atoms with Gasteiger partial charge in [-0.05, 0) is 30.3 Å². The molecule has 0 saturated carbocycles. The third kappa shape index (κ3) is 4.40. The standard InChI is InChI=1S/C20H17Cl2N3O/c1-12(2)19(26)25-20-23-17(13-3-7-15(21)8-4-13)11-18(24-20)14-5-9-16(22)10-6-14/h3-12H,1-2H3,(H,23,24,25,26). The van der Waals surface area contributed by atoms with Gasteiger partial charge in [-0.15, -0.1) is 0 Å². The van der Waals surface area contributed by atoms with Crippen LogP contribution < -0.4 is 5.32 Å². The Kier molecular flexibility index (Phi) is 5.55. The van der Waals surface area contributed by atoms with Crippen molar-refractivity contribution in [1.82, 2.24) is 9.97 Å². The van der Waals surface area contributed by atoms with Crippen LogP contribution >= 0.6 is 23.2 Å². The molecule has 0 spiro atoms. The molecule has 0 aliphatic rings. The molecule has 6 heteroatoms. The zero-order chi connectivity index (χ0) is 18.7. The molecule has 26 heavy (non-hydrogen) atoms. The summed E-state index contributed by atoms with van der Waals surface area (Å²) in [5, 5.41) is 4.07. The maximum atomic E-state index is 12.1. The summed E-state index contributed by atoms with van der Waals surface area (Å²) < 4.78 is 0. The smallest absolute Gasteiger partial charge is 0.230 e. The third-order valence-corrected chi connectivity index (χ3v) is 4.27. The molecule has 0 saturated heterocycles. The Labute approximate surface area is 162 Å². The molecule has 1 amide bonds. The second-order valence-corrected chi connectivity index (χ2v) is 6.99. The number of benzene rings is 2. The number of hydrogen-bond donors (Lipinski definition) is 1. The minimum Gasteiger partial charge on any atom is -0.294 e. The topological polar surface area (TPSA) is 54.9 Å². The highest BCUT2D eigenvalue weighted by molar-refractivity contribution is 6.30. The quantitative estimate of drug-likeness (QED) is 0.625. The number of anilines is 1. The van der Waals surface area contributed by atoms with Crippen molar-refractivity contribution in [2.24, 2.45) is 5.92 Å². The lowest BCUT2D eigenvalue weighted by Crippen LogP contribution is -2.19. The van der Waals surface area contributed by atoms with Crippen molar-refractivity contribution in [1.29, 1.82) is 0 Å². The van der Waals surface area contributed by atoms with E-state index in [2.05, 4.69) is 15.3 Å². The number of nitrogens with one attached hydrogen (secondary N) is 1. The molecule has 1 aromatic heterocycles. The zero-order valence-electron chi connectivity index (χ0n) is 14.3. The maximum absolute atomic E-state index is 12.1. The van der Waals surface area contributed by atoms with Crippen molar-refractivity contribution in [2.75, 3.05) is 5.32 Å². The summed E-state index contributed by atoms with van der Waals surface area (Å²) in [6, 6.07) is 16.6. The summed E-state index contributed by atoms with van der Waals surface area (Å²) in [5.41, 5.74) is 3.15. The van der Waals surface area contributed by atoms with Crippen LogP contribution in [0.4, 0.5) is 5.95 Å². The Morgan fingerprint density at radius 3 is 1.65 bits per heavy atom. The highest BCUT2D eigenvalue weighted by Gasteiger charge is 2.13. The molecule has 0 radical (unpaired) electrons. The summed E-state index contributed by atoms with van der Waals surface area (Å²) in [6.45, 7) is 3.64. The number of amides is 1. The number of aromatic nitrogens is 2. The van der Waals surface area contributed by atoms with E-state index in [9.17, 15) is 4.79 Å². The molecule has 3 aromatic rings. The Morgan fingerprint density at radius 1 is 0.846 bits per heavy atom. The molecule has 132 valence electrons. The van der Waals surface area contributed by atoms with Crippen LogP contribution in [0.2, 0.25) is 10.0 Å². The van der Waals surface area contributed by atoms with Crippen LogP contribution in [0, 0.1) is 5.92 Å². The lowest BCUT2D eigenvalue weighted by atomic mass is 10.1. The van der Waals surface area contributed by atoms with Gasteiger partial charge in [0.25, 0.3) is 0 Å². The van der Waals surface area contributed by atoms with Gasteiger partial charge in [0.05, 0.1) is 11.4 Å². The van der Waals surface area contributed by atoms with Crippen LogP contribution in [0.15, 0.2) is 54.6 Å². The van der Waals surface area contributed by atoms with Crippen molar-refractivity contribution in [2.45, 2.75) is 13.8 Å². The zero-order valence-corrected chi connectivity index (χ0v) is 15.8. The van der Waals surface area contributed by atoms with E-state index in [0.29, 0.717) is 21.4 Å². The molecule has 0 aliphatic heterocycles. The number of rotatable bonds is 4. The molecule has 1 heterocycles. The van der Waals surface area contributed by atoms with E-state index < -0.39 is 0 Å². The lowest BCUT2D eigenvalue weighted by Gasteiger charge is -2.11. The summed E-state index contributed by atoms with van der Waals surface area (Å²) in [7, 11) is 0. The first-order valence-electron chi connectivity index (χ1n) is 8.14. The number of nitrogens with zero attached hydrogens (tertiary/aromatic N) is 2. The molecule has 0 fully saturated rings. The molecular weight excluding hydrogens is 369 g/mol. The number of hydrogen-bond acceptors (Lipinski definition) is 3. The molecular formula is C20H17Cl2N3O. The van der Waals surface area contributed by atoms with Crippen LogP contribution in [0.3, 0.4) is 0 Å². The fraction of sp³-hybridized carbons (Fsp3) is 0.150.